The molecule has 1 aliphatic heterocycles. The fourth-order valence-electron chi connectivity index (χ4n) is 1.68. The van der Waals surface area contributed by atoms with Crippen molar-refractivity contribution >= 4 is 11.8 Å². The van der Waals surface area contributed by atoms with Crippen LogP contribution in [0.3, 0.4) is 0 Å². The Labute approximate surface area is 90.2 Å². The summed E-state index contributed by atoms with van der Waals surface area (Å²) in [5.74, 6) is -2.21. The van der Waals surface area contributed by atoms with E-state index < -0.39 is 29.3 Å². The number of hydrogen-bond acceptors (Lipinski definition) is 3. The van der Waals surface area contributed by atoms with E-state index in [1.54, 1.807) is 0 Å². The number of ether oxygens (including phenoxy) is 1. The molecule has 1 heterocycles. The average Bonchev–Trinajstić information content (AvgIpc) is 2.93. The summed E-state index contributed by atoms with van der Waals surface area (Å²) in [4.78, 5) is 22.2. The quantitative estimate of drug-likeness (QED) is 0.670. The van der Waals surface area contributed by atoms with Gasteiger partial charge in [-0.2, -0.15) is 0 Å². The van der Waals surface area contributed by atoms with Crippen LogP contribution >= 0.6 is 0 Å². The van der Waals surface area contributed by atoms with E-state index in [0.29, 0.717) is 0 Å². The first-order valence-electron chi connectivity index (χ1n) is 4.51. The van der Waals surface area contributed by atoms with Gasteiger partial charge in [0.2, 0.25) is 5.60 Å². The van der Waals surface area contributed by atoms with Gasteiger partial charge in [0.05, 0.1) is 0 Å². The molecule has 1 aromatic carbocycles. The number of primary amides is 2. The molecule has 2 unspecified atom stereocenters. The van der Waals surface area contributed by atoms with Gasteiger partial charge in [0.25, 0.3) is 11.8 Å². The first-order chi connectivity index (χ1) is 7.48. The van der Waals surface area contributed by atoms with Crippen molar-refractivity contribution in [2.24, 2.45) is 11.5 Å². The van der Waals surface area contributed by atoms with Gasteiger partial charge in [-0.1, -0.05) is 12.1 Å². The van der Waals surface area contributed by atoms with E-state index in [0.717, 1.165) is 6.07 Å². The molecule has 0 radical (unpaired) electrons. The zero-order valence-corrected chi connectivity index (χ0v) is 8.14. The minimum Gasteiger partial charge on any atom is -0.367 e. The molecule has 0 aromatic heterocycles. The van der Waals surface area contributed by atoms with E-state index in [2.05, 4.69) is 0 Å². The molecule has 16 heavy (non-hydrogen) atoms. The van der Waals surface area contributed by atoms with Crippen LogP contribution in [-0.4, -0.2) is 17.9 Å². The standard InChI is InChI=1S/C10H9FN2O3/c11-6-3-1-2-5(4-6)10(9(13)15)7(16-10)8(12)14/h1-4,7H,(H2,12,14)(H2,13,15). The van der Waals surface area contributed by atoms with Crippen molar-refractivity contribution in [3.05, 3.63) is 35.6 Å². The number of rotatable bonds is 3. The van der Waals surface area contributed by atoms with E-state index in [4.69, 9.17) is 16.2 Å². The van der Waals surface area contributed by atoms with Gasteiger partial charge in [-0.25, -0.2) is 4.39 Å². The Hall–Kier alpha value is -1.95. The zero-order chi connectivity index (χ0) is 11.9. The van der Waals surface area contributed by atoms with Gasteiger partial charge in [0.15, 0.2) is 6.10 Å². The van der Waals surface area contributed by atoms with Crippen LogP contribution in [-0.2, 0) is 19.9 Å². The number of halogens is 1. The van der Waals surface area contributed by atoms with Crippen molar-refractivity contribution in [3.63, 3.8) is 0 Å². The second-order valence-corrected chi connectivity index (χ2v) is 3.51. The summed E-state index contributed by atoms with van der Waals surface area (Å²) in [6.45, 7) is 0. The molecule has 84 valence electrons. The van der Waals surface area contributed by atoms with Crippen molar-refractivity contribution in [1.29, 1.82) is 0 Å². The number of benzene rings is 1. The van der Waals surface area contributed by atoms with Crippen molar-refractivity contribution < 1.29 is 18.7 Å². The van der Waals surface area contributed by atoms with Crippen LogP contribution in [0.1, 0.15) is 5.56 Å². The van der Waals surface area contributed by atoms with Crippen LogP contribution < -0.4 is 11.5 Å². The minimum absolute atomic E-state index is 0.198. The maximum absolute atomic E-state index is 13.0. The van der Waals surface area contributed by atoms with Gasteiger partial charge < -0.3 is 16.2 Å². The van der Waals surface area contributed by atoms with Crippen molar-refractivity contribution in [2.75, 3.05) is 0 Å². The molecule has 0 spiro atoms. The van der Waals surface area contributed by atoms with Crippen LogP contribution in [0.4, 0.5) is 4.39 Å². The normalized spacial score (nSPS) is 27.4. The lowest BCUT2D eigenvalue weighted by molar-refractivity contribution is -0.124. The number of nitrogens with two attached hydrogens (primary N) is 2. The lowest BCUT2D eigenvalue weighted by Crippen LogP contribution is -2.36. The van der Waals surface area contributed by atoms with E-state index in [1.165, 1.54) is 18.2 Å². The van der Waals surface area contributed by atoms with Gasteiger partial charge in [-0.05, 0) is 17.7 Å². The Kier molecular flexibility index (Phi) is 2.16. The maximum Gasteiger partial charge on any atom is 0.257 e. The summed E-state index contributed by atoms with van der Waals surface area (Å²) < 4.78 is 17.9. The molecule has 0 saturated carbocycles. The summed E-state index contributed by atoms with van der Waals surface area (Å²) in [5.41, 5.74) is 8.76. The second kappa shape index (κ2) is 3.28. The highest BCUT2D eigenvalue weighted by Crippen LogP contribution is 2.46. The molecule has 4 N–H and O–H groups in total. The average molecular weight is 224 g/mol. The number of carbonyl (C=O) groups excluding carboxylic acids is 2. The predicted molar refractivity (Wildman–Crippen MR) is 51.3 cm³/mol. The third-order valence-corrected chi connectivity index (χ3v) is 2.49. The summed E-state index contributed by atoms with van der Waals surface area (Å²) in [6, 6.07) is 5.15. The zero-order valence-electron chi connectivity index (χ0n) is 8.14. The Bertz CT molecular complexity index is 477. The topological polar surface area (TPSA) is 98.7 Å². The molecule has 1 aromatic rings. The first-order valence-corrected chi connectivity index (χ1v) is 4.51. The molecule has 2 atom stereocenters. The summed E-state index contributed by atoms with van der Waals surface area (Å²) >= 11 is 0. The smallest absolute Gasteiger partial charge is 0.257 e. The molecular weight excluding hydrogens is 215 g/mol. The third-order valence-electron chi connectivity index (χ3n) is 2.49. The molecule has 2 rings (SSSR count). The highest BCUT2D eigenvalue weighted by Gasteiger charge is 2.66. The first kappa shape index (κ1) is 10.6. The lowest BCUT2D eigenvalue weighted by atomic mass is 9.94. The molecule has 2 amide bonds. The van der Waals surface area contributed by atoms with Gasteiger partial charge in [0.1, 0.15) is 5.82 Å². The molecule has 1 aliphatic rings. The fourth-order valence-corrected chi connectivity index (χ4v) is 1.68. The number of carbonyl (C=O) groups is 2. The van der Waals surface area contributed by atoms with Crippen molar-refractivity contribution in [2.45, 2.75) is 11.7 Å². The number of epoxide rings is 1. The van der Waals surface area contributed by atoms with Gasteiger partial charge in [0, 0.05) is 0 Å². The SMILES string of the molecule is NC(=O)C1OC1(C(N)=O)c1cccc(F)c1. The van der Waals surface area contributed by atoms with E-state index >= 15 is 0 Å². The van der Waals surface area contributed by atoms with Crippen LogP contribution in [0.2, 0.25) is 0 Å². The molecule has 6 heteroatoms. The third kappa shape index (κ3) is 1.35. The Morgan fingerprint density at radius 1 is 1.38 bits per heavy atom. The molecule has 0 bridgehead atoms. The van der Waals surface area contributed by atoms with Crippen LogP contribution in [0.5, 0.6) is 0 Å². The maximum atomic E-state index is 13.0. The fraction of sp³-hybridized carbons (Fsp3) is 0.200. The minimum atomic E-state index is -1.60. The van der Waals surface area contributed by atoms with E-state index in [-0.39, 0.29) is 5.56 Å². The summed E-state index contributed by atoms with van der Waals surface area (Å²) in [6.07, 6.45) is -1.12. The van der Waals surface area contributed by atoms with Crippen LogP contribution in [0, 0.1) is 5.82 Å². The van der Waals surface area contributed by atoms with E-state index in [9.17, 15) is 14.0 Å². The van der Waals surface area contributed by atoms with Gasteiger partial charge in [-0.15, -0.1) is 0 Å². The number of hydrogen-bond donors (Lipinski definition) is 2. The van der Waals surface area contributed by atoms with Crippen LogP contribution in [0.15, 0.2) is 24.3 Å². The lowest BCUT2D eigenvalue weighted by Gasteiger charge is -2.08. The van der Waals surface area contributed by atoms with Gasteiger partial charge in [-0.3, -0.25) is 9.59 Å². The highest BCUT2D eigenvalue weighted by atomic mass is 19.1. The Morgan fingerprint density at radius 2 is 2.06 bits per heavy atom. The van der Waals surface area contributed by atoms with Crippen molar-refractivity contribution in [3.8, 4) is 0 Å². The molecule has 1 fully saturated rings. The van der Waals surface area contributed by atoms with Crippen molar-refractivity contribution in [1.82, 2.24) is 0 Å². The molecule has 5 nitrogen and oxygen atoms in total. The molecule has 0 aliphatic carbocycles. The van der Waals surface area contributed by atoms with Gasteiger partial charge >= 0.3 is 0 Å². The Morgan fingerprint density at radius 3 is 2.50 bits per heavy atom. The molecule has 1 saturated heterocycles. The molecular formula is C10H9FN2O3. The summed E-state index contributed by atoms with van der Waals surface area (Å²) in [7, 11) is 0. The largest absolute Gasteiger partial charge is 0.367 e. The number of amides is 2. The highest BCUT2D eigenvalue weighted by molar-refractivity contribution is 5.98. The Balaban J connectivity index is 2.44. The second-order valence-electron chi connectivity index (χ2n) is 3.51. The summed E-state index contributed by atoms with van der Waals surface area (Å²) in [5, 5.41) is 0. The van der Waals surface area contributed by atoms with Crippen LogP contribution in [0.25, 0.3) is 0 Å². The predicted octanol–water partition coefficient (Wildman–Crippen LogP) is -0.610. The monoisotopic (exact) mass is 224 g/mol. The van der Waals surface area contributed by atoms with E-state index in [1.807, 2.05) is 0 Å².